The Kier molecular flexibility index (Phi) is 4.70. The van der Waals surface area contributed by atoms with Gasteiger partial charge < -0.3 is 24.1 Å². The number of carbonyl (C=O) groups is 1. The topological polar surface area (TPSA) is 61.7 Å². The number of fused-ring (bicyclic) bond motifs is 1. The summed E-state index contributed by atoms with van der Waals surface area (Å²) in [5.41, 5.74) is 1.37. The van der Waals surface area contributed by atoms with Crippen LogP contribution in [0.4, 0.5) is 0 Å². The smallest absolute Gasteiger partial charge is 0.268 e. The molecule has 21 heavy (non-hydrogen) atoms. The predicted molar refractivity (Wildman–Crippen MR) is 80.2 cm³/mol. The average Bonchev–Trinajstić information content (AvgIpc) is 2.85. The molecule has 114 valence electrons. The van der Waals surface area contributed by atoms with E-state index in [1.54, 1.807) is 32.0 Å². The van der Waals surface area contributed by atoms with Crippen molar-refractivity contribution in [1.82, 2.24) is 9.88 Å². The Morgan fingerprint density at radius 3 is 2.48 bits per heavy atom. The molecule has 0 saturated heterocycles. The molecule has 1 N–H and O–H groups in total. The summed E-state index contributed by atoms with van der Waals surface area (Å²) >= 11 is 0. The lowest BCUT2D eigenvalue weighted by Crippen LogP contribution is -2.28. The lowest BCUT2D eigenvalue weighted by molar-refractivity contribution is 0.0929. The fourth-order valence-corrected chi connectivity index (χ4v) is 2.33. The Morgan fingerprint density at radius 2 is 1.86 bits per heavy atom. The third-order valence-electron chi connectivity index (χ3n) is 3.38. The number of amides is 1. The molecule has 1 aromatic heterocycles. The fraction of sp³-hybridized carbons (Fsp3) is 0.400. The quantitative estimate of drug-likeness (QED) is 0.821. The van der Waals surface area contributed by atoms with Crippen molar-refractivity contribution in [2.75, 3.05) is 34.5 Å². The minimum Gasteiger partial charge on any atom is -0.496 e. The van der Waals surface area contributed by atoms with Crippen molar-refractivity contribution in [3.8, 4) is 11.5 Å². The molecule has 1 aromatic carbocycles. The van der Waals surface area contributed by atoms with E-state index < -0.39 is 0 Å². The molecule has 0 aliphatic heterocycles. The van der Waals surface area contributed by atoms with Gasteiger partial charge in [-0.2, -0.15) is 0 Å². The van der Waals surface area contributed by atoms with Crippen LogP contribution < -0.4 is 14.8 Å². The number of hydrogen-bond donors (Lipinski definition) is 1. The van der Waals surface area contributed by atoms with Crippen LogP contribution >= 0.6 is 0 Å². The highest BCUT2D eigenvalue weighted by molar-refractivity contribution is 6.02. The zero-order valence-corrected chi connectivity index (χ0v) is 12.7. The summed E-state index contributed by atoms with van der Waals surface area (Å²) in [6.45, 7) is 0.938. The number of aryl methyl sites for hydroxylation is 1. The zero-order chi connectivity index (χ0) is 15.4. The van der Waals surface area contributed by atoms with Crippen molar-refractivity contribution in [2.45, 2.75) is 0 Å². The second-order valence-electron chi connectivity index (χ2n) is 4.57. The van der Waals surface area contributed by atoms with Crippen LogP contribution in [0.25, 0.3) is 10.9 Å². The summed E-state index contributed by atoms with van der Waals surface area (Å²) in [6.07, 6.45) is 0. The number of methoxy groups -OCH3 is 3. The van der Waals surface area contributed by atoms with Gasteiger partial charge in [0.1, 0.15) is 17.2 Å². The first-order valence-corrected chi connectivity index (χ1v) is 6.61. The van der Waals surface area contributed by atoms with Gasteiger partial charge in [-0.15, -0.1) is 0 Å². The number of benzene rings is 1. The Morgan fingerprint density at radius 1 is 1.19 bits per heavy atom. The molecule has 0 saturated carbocycles. The normalized spacial score (nSPS) is 10.7. The molecule has 0 fully saturated rings. The van der Waals surface area contributed by atoms with Gasteiger partial charge in [0, 0.05) is 26.1 Å². The van der Waals surface area contributed by atoms with Crippen LogP contribution in [0.15, 0.2) is 18.2 Å². The van der Waals surface area contributed by atoms with Crippen molar-refractivity contribution in [1.29, 1.82) is 0 Å². The van der Waals surface area contributed by atoms with E-state index >= 15 is 0 Å². The number of aromatic nitrogens is 1. The molecule has 0 aliphatic carbocycles. The second-order valence-corrected chi connectivity index (χ2v) is 4.57. The van der Waals surface area contributed by atoms with Crippen molar-refractivity contribution in [2.24, 2.45) is 7.05 Å². The molecule has 2 aromatic rings. The van der Waals surface area contributed by atoms with E-state index in [2.05, 4.69) is 5.32 Å². The summed E-state index contributed by atoms with van der Waals surface area (Å²) in [5, 5.41) is 3.65. The van der Waals surface area contributed by atoms with E-state index in [1.165, 1.54) is 0 Å². The number of hydrogen-bond acceptors (Lipinski definition) is 4. The molecule has 0 bridgehead atoms. The van der Waals surface area contributed by atoms with Gasteiger partial charge in [-0.05, 0) is 18.2 Å². The maximum Gasteiger partial charge on any atom is 0.268 e. The SMILES string of the molecule is COCCNC(=O)c1cc2c(OC)ccc(OC)c2n1C. The molecule has 0 atom stereocenters. The van der Waals surface area contributed by atoms with Gasteiger partial charge in [0.2, 0.25) is 0 Å². The van der Waals surface area contributed by atoms with Crippen LogP contribution in [-0.4, -0.2) is 45.0 Å². The molecule has 0 aliphatic rings. The highest BCUT2D eigenvalue weighted by atomic mass is 16.5. The Hall–Kier alpha value is -2.21. The average molecular weight is 292 g/mol. The first kappa shape index (κ1) is 15.2. The number of rotatable bonds is 6. The van der Waals surface area contributed by atoms with Gasteiger partial charge in [-0.1, -0.05) is 0 Å². The Bertz CT molecular complexity index is 649. The molecule has 2 rings (SSSR count). The molecule has 0 unspecified atom stereocenters. The molecule has 1 heterocycles. The van der Waals surface area contributed by atoms with Crippen molar-refractivity contribution >= 4 is 16.8 Å². The largest absolute Gasteiger partial charge is 0.496 e. The van der Waals surface area contributed by atoms with Crippen molar-refractivity contribution in [3.63, 3.8) is 0 Å². The van der Waals surface area contributed by atoms with Gasteiger partial charge in [-0.3, -0.25) is 4.79 Å². The van der Waals surface area contributed by atoms with Gasteiger partial charge >= 0.3 is 0 Å². The van der Waals surface area contributed by atoms with Crippen LogP contribution in [0.3, 0.4) is 0 Å². The van der Waals surface area contributed by atoms with Crippen LogP contribution in [-0.2, 0) is 11.8 Å². The first-order valence-electron chi connectivity index (χ1n) is 6.61. The number of carbonyl (C=O) groups excluding carboxylic acids is 1. The molecule has 6 heteroatoms. The van der Waals surface area contributed by atoms with Crippen LogP contribution in [0.5, 0.6) is 11.5 Å². The van der Waals surface area contributed by atoms with E-state index in [0.29, 0.717) is 30.3 Å². The third-order valence-corrected chi connectivity index (χ3v) is 3.38. The lowest BCUT2D eigenvalue weighted by Gasteiger charge is -2.09. The standard InChI is InChI=1S/C15H20N2O4/c1-17-11(15(18)16-7-8-19-2)9-10-12(20-3)5-6-13(21-4)14(10)17/h5-6,9H,7-8H2,1-4H3,(H,16,18). The van der Waals surface area contributed by atoms with Crippen LogP contribution in [0, 0.1) is 0 Å². The number of ether oxygens (including phenoxy) is 3. The fourth-order valence-electron chi connectivity index (χ4n) is 2.33. The molecular formula is C15H20N2O4. The number of nitrogens with zero attached hydrogens (tertiary/aromatic N) is 1. The maximum atomic E-state index is 12.2. The molecule has 6 nitrogen and oxygen atoms in total. The summed E-state index contributed by atoms with van der Waals surface area (Å²) in [6, 6.07) is 5.46. The maximum absolute atomic E-state index is 12.2. The van der Waals surface area contributed by atoms with E-state index in [4.69, 9.17) is 14.2 Å². The monoisotopic (exact) mass is 292 g/mol. The van der Waals surface area contributed by atoms with E-state index in [9.17, 15) is 4.79 Å². The van der Waals surface area contributed by atoms with E-state index in [0.717, 1.165) is 10.9 Å². The minimum absolute atomic E-state index is 0.158. The first-order chi connectivity index (χ1) is 10.1. The van der Waals surface area contributed by atoms with Crippen molar-refractivity contribution in [3.05, 3.63) is 23.9 Å². The van der Waals surface area contributed by atoms with Crippen molar-refractivity contribution < 1.29 is 19.0 Å². The Labute approximate surface area is 123 Å². The van der Waals surface area contributed by atoms with Gasteiger partial charge in [0.05, 0.1) is 26.3 Å². The van der Waals surface area contributed by atoms with Crippen LogP contribution in [0.2, 0.25) is 0 Å². The minimum atomic E-state index is -0.158. The third kappa shape index (κ3) is 2.80. The summed E-state index contributed by atoms with van der Waals surface area (Å²) in [4.78, 5) is 12.2. The highest BCUT2D eigenvalue weighted by Crippen LogP contribution is 2.35. The summed E-state index contributed by atoms with van der Waals surface area (Å²) in [7, 11) is 6.63. The Balaban J connectivity index is 2.46. The second kappa shape index (κ2) is 6.49. The molecular weight excluding hydrogens is 272 g/mol. The van der Waals surface area contributed by atoms with Gasteiger partial charge in [0.15, 0.2) is 0 Å². The highest BCUT2D eigenvalue weighted by Gasteiger charge is 2.18. The summed E-state index contributed by atoms with van der Waals surface area (Å²) < 4.78 is 17.5. The van der Waals surface area contributed by atoms with Crippen LogP contribution in [0.1, 0.15) is 10.5 Å². The number of nitrogens with one attached hydrogen (secondary N) is 1. The molecule has 1 amide bonds. The zero-order valence-electron chi connectivity index (χ0n) is 12.7. The predicted octanol–water partition coefficient (Wildman–Crippen LogP) is 1.57. The molecule has 0 spiro atoms. The lowest BCUT2D eigenvalue weighted by atomic mass is 10.2. The van der Waals surface area contributed by atoms with E-state index in [-0.39, 0.29) is 5.91 Å². The molecule has 0 radical (unpaired) electrons. The summed E-state index contributed by atoms with van der Waals surface area (Å²) in [5.74, 6) is 1.25. The van der Waals surface area contributed by atoms with Gasteiger partial charge in [0.25, 0.3) is 5.91 Å². The van der Waals surface area contributed by atoms with E-state index in [1.807, 2.05) is 19.2 Å². The van der Waals surface area contributed by atoms with Gasteiger partial charge in [-0.25, -0.2) is 0 Å².